The predicted molar refractivity (Wildman–Crippen MR) is 54.3 cm³/mol. The Morgan fingerprint density at radius 3 is 2.53 bits per heavy atom. The Hall–Kier alpha value is -1.77. The third kappa shape index (κ3) is 2.01. The molecule has 0 N–H and O–H groups in total. The van der Waals surface area contributed by atoms with Crippen LogP contribution in [0.3, 0.4) is 0 Å². The highest BCUT2D eigenvalue weighted by atomic mass is 19.1. The van der Waals surface area contributed by atoms with E-state index in [1.807, 2.05) is 0 Å². The molecule has 76 valence electrons. The van der Waals surface area contributed by atoms with Crippen molar-refractivity contribution in [1.29, 1.82) is 0 Å². The van der Waals surface area contributed by atoms with Gasteiger partial charge in [-0.05, 0) is 36.8 Å². The lowest BCUT2D eigenvalue weighted by molar-refractivity contribution is 0.580. The fourth-order valence-corrected chi connectivity index (χ4v) is 1.49. The molecule has 2 rings (SSSR count). The van der Waals surface area contributed by atoms with Gasteiger partial charge in [-0.1, -0.05) is 12.1 Å². The second-order valence-electron chi connectivity index (χ2n) is 3.28. The molecule has 0 radical (unpaired) electrons. The highest BCUT2D eigenvalue weighted by Gasteiger charge is 2.04. The molecule has 0 aliphatic heterocycles. The molecule has 1 aromatic heterocycles. The van der Waals surface area contributed by atoms with Gasteiger partial charge in [-0.3, -0.25) is 0 Å². The molecular formula is C12H9F2N. The number of hydrogen-bond acceptors (Lipinski definition) is 1. The van der Waals surface area contributed by atoms with Crippen molar-refractivity contribution in [3.63, 3.8) is 0 Å². The first-order chi connectivity index (χ1) is 7.16. The molecule has 0 saturated carbocycles. The van der Waals surface area contributed by atoms with Crippen LogP contribution in [0, 0.1) is 18.7 Å². The summed E-state index contributed by atoms with van der Waals surface area (Å²) in [6.45, 7) is 1.70. The van der Waals surface area contributed by atoms with Crippen LogP contribution in [0.4, 0.5) is 8.78 Å². The molecular weight excluding hydrogens is 196 g/mol. The lowest BCUT2D eigenvalue weighted by Gasteiger charge is -2.04. The quantitative estimate of drug-likeness (QED) is 0.650. The maximum Gasteiger partial charge on any atom is 0.213 e. The molecule has 1 nitrogen and oxygen atoms in total. The van der Waals surface area contributed by atoms with E-state index >= 15 is 0 Å². The second kappa shape index (κ2) is 3.77. The van der Waals surface area contributed by atoms with Gasteiger partial charge >= 0.3 is 0 Å². The molecule has 0 amide bonds. The topological polar surface area (TPSA) is 12.9 Å². The molecule has 2 aromatic rings. The smallest absolute Gasteiger partial charge is 0.213 e. The van der Waals surface area contributed by atoms with Crippen LogP contribution < -0.4 is 0 Å². The largest absolute Gasteiger partial charge is 0.224 e. The van der Waals surface area contributed by atoms with Crippen LogP contribution >= 0.6 is 0 Å². The number of hydrogen-bond donors (Lipinski definition) is 0. The Bertz CT molecular complexity index is 495. The average molecular weight is 205 g/mol. The van der Waals surface area contributed by atoms with Gasteiger partial charge < -0.3 is 0 Å². The van der Waals surface area contributed by atoms with Gasteiger partial charge in [0.25, 0.3) is 0 Å². The summed E-state index contributed by atoms with van der Waals surface area (Å²) in [5.41, 5.74) is 2.01. The Kier molecular flexibility index (Phi) is 2.46. The minimum atomic E-state index is -0.521. The molecule has 0 saturated heterocycles. The van der Waals surface area contributed by atoms with Crippen molar-refractivity contribution in [3.05, 3.63) is 53.9 Å². The molecule has 0 spiro atoms. The van der Waals surface area contributed by atoms with E-state index in [0.717, 1.165) is 5.56 Å². The molecule has 0 unspecified atom stereocenters. The highest BCUT2D eigenvalue weighted by Crippen LogP contribution is 2.22. The van der Waals surface area contributed by atoms with Gasteiger partial charge in [0.15, 0.2) is 0 Å². The summed E-state index contributed by atoms with van der Waals surface area (Å²) in [6.07, 6.45) is 0. The van der Waals surface area contributed by atoms with E-state index in [1.54, 1.807) is 25.1 Å². The van der Waals surface area contributed by atoms with Crippen LogP contribution in [0.25, 0.3) is 11.1 Å². The van der Waals surface area contributed by atoms with Crippen molar-refractivity contribution in [2.24, 2.45) is 0 Å². The summed E-state index contributed by atoms with van der Waals surface area (Å²) >= 11 is 0. The molecule has 0 atom stereocenters. The van der Waals surface area contributed by atoms with Crippen molar-refractivity contribution >= 4 is 0 Å². The molecule has 1 aromatic carbocycles. The van der Waals surface area contributed by atoms with Crippen LogP contribution in [0.15, 0.2) is 36.4 Å². The minimum absolute atomic E-state index is 0.309. The Labute approximate surface area is 86.4 Å². The number of aryl methyl sites for hydroxylation is 1. The fourth-order valence-electron chi connectivity index (χ4n) is 1.49. The Morgan fingerprint density at radius 2 is 1.87 bits per heavy atom. The van der Waals surface area contributed by atoms with Gasteiger partial charge in [0.2, 0.25) is 5.95 Å². The molecule has 0 bridgehead atoms. The maximum absolute atomic E-state index is 13.0. The summed E-state index contributed by atoms with van der Waals surface area (Å²) in [5, 5.41) is 0. The van der Waals surface area contributed by atoms with Crippen molar-refractivity contribution in [3.8, 4) is 11.1 Å². The van der Waals surface area contributed by atoms with E-state index in [9.17, 15) is 8.78 Å². The molecule has 0 fully saturated rings. The standard InChI is InChI=1S/C12H9F2N/c1-8-11(5-6-12(14)15-8)9-3-2-4-10(13)7-9/h2-7H,1H3. The molecule has 15 heavy (non-hydrogen) atoms. The monoisotopic (exact) mass is 205 g/mol. The van der Waals surface area contributed by atoms with Gasteiger partial charge in [-0.15, -0.1) is 0 Å². The highest BCUT2D eigenvalue weighted by molar-refractivity contribution is 5.65. The summed E-state index contributed by atoms with van der Waals surface area (Å²) in [7, 11) is 0. The minimum Gasteiger partial charge on any atom is -0.224 e. The number of benzene rings is 1. The average Bonchev–Trinajstić information content (AvgIpc) is 2.17. The van der Waals surface area contributed by atoms with Crippen molar-refractivity contribution < 1.29 is 8.78 Å². The van der Waals surface area contributed by atoms with Gasteiger partial charge in [-0.2, -0.15) is 4.39 Å². The molecule has 1 heterocycles. The third-order valence-electron chi connectivity index (χ3n) is 2.19. The van der Waals surface area contributed by atoms with Gasteiger partial charge in [0.1, 0.15) is 5.82 Å². The van der Waals surface area contributed by atoms with E-state index in [4.69, 9.17) is 0 Å². The van der Waals surface area contributed by atoms with E-state index in [0.29, 0.717) is 11.3 Å². The lowest BCUT2D eigenvalue weighted by atomic mass is 10.0. The number of pyridine rings is 1. The van der Waals surface area contributed by atoms with Crippen LogP contribution in [-0.4, -0.2) is 4.98 Å². The zero-order valence-corrected chi connectivity index (χ0v) is 8.17. The van der Waals surface area contributed by atoms with Gasteiger partial charge in [0, 0.05) is 11.3 Å². The number of nitrogens with zero attached hydrogens (tertiary/aromatic N) is 1. The van der Waals surface area contributed by atoms with E-state index in [1.165, 1.54) is 18.2 Å². The Balaban J connectivity index is 2.54. The van der Waals surface area contributed by atoms with Crippen molar-refractivity contribution in [1.82, 2.24) is 4.98 Å². The first-order valence-corrected chi connectivity index (χ1v) is 4.56. The molecule has 0 aliphatic rings. The zero-order valence-electron chi connectivity index (χ0n) is 8.17. The first-order valence-electron chi connectivity index (χ1n) is 4.56. The van der Waals surface area contributed by atoms with Crippen molar-refractivity contribution in [2.45, 2.75) is 6.92 Å². The SMILES string of the molecule is Cc1nc(F)ccc1-c1cccc(F)c1. The normalized spacial score (nSPS) is 10.3. The summed E-state index contributed by atoms with van der Waals surface area (Å²) < 4.78 is 25.7. The molecule has 0 aliphatic carbocycles. The van der Waals surface area contributed by atoms with Crippen LogP contribution in [0.2, 0.25) is 0 Å². The number of aromatic nitrogens is 1. The first kappa shape index (κ1) is 9.77. The van der Waals surface area contributed by atoms with Crippen LogP contribution in [0.5, 0.6) is 0 Å². The predicted octanol–water partition coefficient (Wildman–Crippen LogP) is 3.34. The molecule has 3 heteroatoms. The Morgan fingerprint density at radius 1 is 1.07 bits per heavy atom. The lowest BCUT2D eigenvalue weighted by Crippen LogP contribution is -1.91. The maximum atomic E-state index is 13.0. The van der Waals surface area contributed by atoms with E-state index in [2.05, 4.69) is 4.98 Å². The van der Waals surface area contributed by atoms with Gasteiger partial charge in [0.05, 0.1) is 0 Å². The van der Waals surface area contributed by atoms with E-state index < -0.39 is 5.95 Å². The van der Waals surface area contributed by atoms with E-state index in [-0.39, 0.29) is 5.82 Å². The summed E-state index contributed by atoms with van der Waals surface area (Å²) in [4.78, 5) is 3.69. The summed E-state index contributed by atoms with van der Waals surface area (Å²) in [5.74, 6) is -0.830. The zero-order chi connectivity index (χ0) is 10.8. The number of rotatable bonds is 1. The second-order valence-corrected chi connectivity index (χ2v) is 3.28. The fraction of sp³-hybridized carbons (Fsp3) is 0.0833. The van der Waals surface area contributed by atoms with Crippen LogP contribution in [0.1, 0.15) is 5.69 Å². The number of halogens is 2. The van der Waals surface area contributed by atoms with Gasteiger partial charge in [-0.25, -0.2) is 9.37 Å². The summed E-state index contributed by atoms with van der Waals surface area (Å²) in [6, 6.07) is 9.04. The van der Waals surface area contributed by atoms with Crippen molar-refractivity contribution in [2.75, 3.05) is 0 Å². The van der Waals surface area contributed by atoms with Crippen LogP contribution in [-0.2, 0) is 0 Å². The third-order valence-corrected chi connectivity index (χ3v) is 2.19.